The van der Waals surface area contributed by atoms with Gasteiger partial charge in [0, 0.05) is 18.0 Å². The molecule has 0 aliphatic carbocycles. The zero-order valence-electron chi connectivity index (χ0n) is 9.13. The number of carbonyl (C=O) groups excluding carboxylic acids is 1. The molecule has 98 valence electrons. The summed E-state index contributed by atoms with van der Waals surface area (Å²) in [4.78, 5) is 12.7. The van der Waals surface area contributed by atoms with E-state index < -0.39 is 12.1 Å². The zero-order chi connectivity index (χ0) is 13.3. The van der Waals surface area contributed by atoms with Crippen molar-refractivity contribution in [2.75, 3.05) is 6.54 Å². The van der Waals surface area contributed by atoms with Crippen LogP contribution in [-0.2, 0) is 17.8 Å². The maximum atomic E-state index is 12.3. The second-order valence-corrected chi connectivity index (χ2v) is 5.07. The quantitative estimate of drug-likeness (QED) is 0.791. The summed E-state index contributed by atoms with van der Waals surface area (Å²) in [6.45, 7) is 0.0810. The number of halogens is 4. The van der Waals surface area contributed by atoms with Gasteiger partial charge < -0.3 is 4.90 Å². The van der Waals surface area contributed by atoms with Gasteiger partial charge in [0.1, 0.15) is 0 Å². The van der Waals surface area contributed by atoms with Crippen molar-refractivity contribution in [1.82, 2.24) is 4.90 Å². The lowest BCUT2D eigenvalue weighted by Crippen LogP contribution is -2.43. The second kappa shape index (κ2) is 5.01. The Labute approximate surface area is 111 Å². The van der Waals surface area contributed by atoms with Gasteiger partial charge in [-0.05, 0) is 51.3 Å². The Morgan fingerprint density at radius 1 is 1.33 bits per heavy atom. The highest BCUT2D eigenvalue weighted by Crippen LogP contribution is 2.29. The van der Waals surface area contributed by atoms with E-state index in [1.165, 1.54) is 0 Å². The Hall–Kier alpha value is -0.880. The molecule has 0 unspecified atom stereocenters. The summed E-state index contributed by atoms with van der Waals surface area (Å²) in [6.07, 6.45) is -4.37. The average molecular weight is 296 g/mol. The van der Waals surface area contributed by atoms with Gasteiger partial charge in [0.2, 0.25) is 0 Å². The van der Waals surface area contributed by atoms with Crippen molar-refractivity contribution in [2.24, 2.45) is 0 Å². The van der Waals surface area contributed by atoms with Crippen LogP contribution in [0.4, 0.5) is 13.2 Å². The van der Waals surface area contributed by atoms with E-state index in [9.17, 15) is 18.0 Å². The minimum Gasteiger partial charge on any atom is -0.330 e. The third-order valence-corrected chi connectivity index (χ3v) is 3.78. The van der Waals surface area contributed by atoms with Crippen molar-refractivity contribution in [3.8, 4) is 0 Å². The molecular formula is C11H9ClF3NOS. The van der Waals surface area contributed by atoms with E-state index in [4.69, 9.17) is 10.7 Å². The summed E-state index contributed by atoms with van der Waals surface area (Å²) in [7, 11) is 6.60. The number of benzene rings is 1. The molecule has 7 heteroatoms. The van der Waals surface area contributed by atoms with Gasteiger partial charge >= 0.3 is 12.1 Å². The summed E-state index contributed by atoms with van der Waals surface area (Å²) in [5, 5.41) is 0. The fourth-order valence-electron chi connectivity index (χ4n) is 1.93. The molecule has 0 bridgehead atoms. The third-order valence-electron chi connectivity index (χ3n) is 2.81. The van der Waals surface area contributed by atoms with Gasteiger partial charge in [0.15, 0.2) is 0 Å². The van der Waals surface area contributed by atoms with Crippen molar-refractivity contribution in [2.45, 2.75) is 24.0 Å². The predicted molar refractivity (Wildman–Crippen MR) is 63.3 cm³/mol. The number of hydrogen-bond acceptors (Lipinski definition) is 2. The van der Waals surface area contributed by atoms with Crippen molar-refractivity contribution < 1.29 is 18.0 Å². The lowest BCUT2D eigenvalue weighted by molar-refractivity contribution is -0.186. The molecule has 1 aromatic carbocycles. The van der Waals surface area contributed by atoms with E-state index in [0.717, 1.165) is 31.9 Å². The lowest BCUT2D eigenvalue weighted by Gasteiger charge is -2.29. The van der Waals surface area contributed by atoms with Crippen LogP contribution >= 0.6 is 21.7 Å². The smallest absolute Gasteiger partial charge is 0.330 e. The van der Waals surface area contributed by atoms with Gasteiger partial charge in [-0.1, -0.05) is 6.07 Å². The number of rotatable bonds is 1. The maximum Gasteiger partial charge on any atom is 0.471 e. The summed E-state index contributed by atoms with van der Waals surface area (Å²) >= 11 is 0. The minimum absolute atomic E-state index is 0.0149. The molecule has 0 saturated carbocycles. The zero-order valence-corrected chi connectivity index (χ0v) is 10.7. The summed E-state index contributed by atoms with van der Waals surface area (Å²) in [6, 6.07) is 5.38. The van der Waals surface area contributed by atoms with E-state index in [-0.39, 0.29) is 13.1 Å². The monoisotopic (exact) mass is 295 g/mol. The molecule has 1 aromatic rings. The maximum absolute atomic E-state index is 12.3. The van der Waals surface area contributed by atoms with Crippen molar-refractivity contribution >= 4 is 27.6 Å². The first-order chi connectivity index (χ1) is 8.41. The molecular weight excluding hydrogens is 287 g/mol. The molecule has 0 radical (unpaired) electrons. The summed E-state index contributed by atoms with van der Waals surface area (Å²) < 4.78 is 37.0. The van der Waals surface area contributed by atoms with Gasteiger partial charge in [0.05, 0.1) is 0 Å². The molecule has 2 rings (SSSR count). The van der Waals surface area contributed by atoms with Gasteiger partial charge in [-0.15, -0.1) is 0 Å². The minimum atomic E-state index is -4.81. The molecule has 18 heavy (non-hydrogen) atoms. The highest BCUT2D eigenvalue weighted by molar-refractivity contribution is 8.21. The number of fused-ring (bicyclic) bond motifs is 1. The Balaban J connectivity index is 2.21. The van der Waals surface area contributed by atoms with Crippen LogP contribution in [-0.4, -0.2) is 23.5 Å². The van der Waals surface area contributed by atoms with E-state index in [2.05, 4.69) is 0 Å². The molecule has 1 amide bonds. The van der Waals surface area contributed by atoms with Crippen molar-refractivity contribution in [3.05, 3.63) is 29.3 Å². The highest BCUT2D eigenvalue weighted by atomic mass is 35.7. The van der Waals surface area contributed by atoms with Crippen molar-refractivity contribution in [3.63, 3.8) is 0 Å². The number of carbonyl (C=O) groups is 1. The van der Waals surface area contributed by atoms with Crippen LogP contribution in [0.3, 0.4) is 0 Å². The second-order valence-electron chi connectivity index (χ2n) is 3.98. The highest BCUT2D eigenvalue weighted by Gasteiger charge is 2.43. The van der Waals surface area contributed by atoms with E-state index in [1.807, 2.05) is 12.1 Å². The standard InChI is InChI=1S/C11H9ClF3NOS/c12-18-9-2-1-7-3-4-16(6-8(7)5-9)10(17)11(13,14)15/h1-2,5H,3-4,6H2. The van der Waals surface area contributed by atoms with Crippen LogP contribution in [0.25, 0.3) is 0 Å². The van der Waals surface area contributed by atoms with Crippen molar-refractivity contribution in [1.29, 1.82) is 0 Å². The average Bonchev–Trinajstić information content (AvgIpc) is 2.35. The van der Waals surface area contributed by atoms with Crippen LogP contribution in [0.1, 0.15) is 11.1 Å². The van der Waals surface area contributed by atoms with Crippen LogP contribution < -0.4 is 0 Å². The van der Waals surface area contributed by atoms with E-state index in [1.54, 1.807) is 6.07 Å². The molecule has 0 N–H and O–H groups in total. The Bertz CT molecular complexity index is 478. The number of amides is 1. The molecule has 2 nitrogen and oxygen atoms in total. The Morgan fingerprint density at radius 3 is 2.67 bits per heavy atom. The Kier molecular flexibility index (Phi) is 3.77. The molecule has 1 aliphatic rings. The van der Waals surface area contributed by atoms with Crippen LogP contribution in [0, 0.1) is 0 Å². The molecule has 0 atom stereocenters. The number of hydrogen-bond donors (Lipinski definition) is 0. The molecule has 0 spiro atoms. The van der Waals surface area contributed by atoms with E-state index >= 15 is 0 Å². The fourth-order valence-corrected chi connectivity index (χ4v) is 2.53. The van der Waals surface area contributed by atoms with Gasteiger partial charge in [-0.25, -0.2) is 0 Å². The molecule has 1 heterocycles. The first kappa shape index (κ1) is 13.5. The molecule has 0 fully saturated rings. The number of alkyl halides is 3. The summed E-state index contributed by atoms with van der Waals surface area (Å²) in [5.74, 6) is -1.78. The van der Waals surface area contributed by atoms with Crippen LogP contribution in [0.5, 0.6) is 0 Å². The first-order valence-corrected chi connectivity index (χ1v) is 6.82. The fraction of sp³-hybridized carbons (Fsp3) is 0.364. The molecule has 1 aliphatic heterocycles. The van der Waals surface area contributed by atoms with Gasteiger partial charge in [-0.3, -0.25) is 4.79 Å². The topological polar surface area (TPSA) is 20.3 Å². The molecule has 0 saturated heterocycles. The predicted octanol–water partition coefficient (Wildman–Crippen LogP) is 3.38. The molecule has 0 aromatic heterocycles. The SMILES string of the molecule is O=C(N1CCc2ccc(SCl)cc2C1)C(F)(F)F. The largest absolute Gasteiger partial charge is 0.471 e. The van der Waals surface area contributed by atoms with Crippen LogP contribution in [0.15, 0.2) is 23.1 Å². The summed E-state index contributed by atoms with van der Waals surface area (Å²) in [5.41, 5.74) is 1.69. The lowest BCUT2D eigenvalue weighted by atomic mass is 10.00. The van der Waals surface area contributed by atoms with Gasteiger partial charge in [-0.2, -0.15) is 13.2 Å². The first-order valence-electron chi connectivity index (χ1n) is 5.18. The Morgan fingerprint density at radius 2 is 2.06 bits per heavy atom. The number of nitrogens with zero attached hydrogens (tertiary/aromatic N) is 1. The van der Waals surface area contributed by atoms with Gasteiger partial charge in [0.25, 0.3) is 0 Å². The normalized spacial score (nSPS) is 15.4. The van der Waals surface area contributed by atoms with E-state index in [0.29, 0.717) is 6.42 Å². The van der Waals surface area contributed by atoms with Crippen LogP contribution in [0.2, 0.25) is 0 Å². The third kappa shape index (κ3) is 2.75.